The number of unbranched alkanes of at least 4 members (excludes halogenated alkanes) is 1. The Morgan fingerprint density at radius 2 is 2.00 bits per heavy atom. The highest BCUT2D eigenvalue weighted by molar-refractivity contribution is 6.32. The number of pyridine rings is 1. The molecular formula is C18H18ClFN2O3. The SMILES string of the molecule is CCCCOC(=O)c1ccc(CNC(=O)c2cc(F)cnc2Cl)cc1. The fourth-order valence-corrected chi connectivity index (χ4v) is 2.20. The Bertz CT molecular complexity index is 750. The van der Waals surface area contributed by atoms with E-state index in [1.54, 1.807) is 24.3 Å². The molecule has 0 radical (unpaired) electrons. The number of rotatable bonds is 7. The molecule has 1 N–H and O–H groups in total. The number of esters is 1. The summed E-state index contributed by atoms with van der Waals surface area (Å²) < 4.78 is 18.3. The van der Waals surface area contributed by atoms with Crippen LogP contribution >= 0.6 is 11.6 Å². The van der Waals surface area contributed by atoms with Gasteiger partial charge in [0.15, 0.2) is 0 Å². The zero-order valence-corrected chi connectivity index (χ0v) is 14.5. The lowest BCUT2D eigenvalue weighted by Gasteiger charge is -2.08. The molecule has 7 heteroatoms. The summed E-state index contributed by atoms with van der Waals surface area (Å²) >= 11 is 5.79. The van der Waals surface area contributed by atoms with Gasteiger partial charge in [-0.2, -0.15) is 0 Å². The second-order valence-electron chi connectivity index (χ2n) is 5.36. The maximum Gasteiger partial charge on any atom is 0.338 e. The van der Waals surface area contributed by atoms with E-state index < -0.39 is 11.7 Å². The highest BCUT2D eigenvalue weighted by Crippen LogP contribution is 2.14. The maximum atomic E-state index is 13.2. The first-order chi connectivity index (χ1) is 12.0. The second kappa shape index (κ2) is 9.13. The molecule has 0 aliphatic heterocycles. The van der Waals surface area contributed by atoms with Crippen LogP contribution in [0.25, 0.3) is 0 Å². The lowest BCUT2D eigenvalue weighted by Crippen LogP contribution is -2.23. The molecule has 0 fully saturated rings. The molecule has 0 saturated carbocycles. The standard InChI is InChI=1S/C18H18ClFN2O3/c1-2-3-8-25-18(24)13-6-4-12(5-7-13)10-22-17(23)15-9-14(20)11-21-16(15)19/h4-7,9,11H,2-3,8,10H2,1H3,(H,22,23). The van der Waals surface area contributed by atoms with Crippen LogP contribution in [0, 0.1) is 5.82 Å². The third-order valence-corrected chi connectivity index (χ3v) is 3.73. The fourth-order valence-electron chi connectivity index (χ4n) is 2.01. The number of aromatic nitrogens is 1. The van der Waals surface area contributed by atoms with Crippen LogP contribution in [0.2, 0.25) is 5.15 Å². The summed E-state index contributed by atoms with van der Waals surface area (Å²) in [5.41, 5.74) is 1.19. The van der Waals surface area contributed by atoms with Gasteiger partial charge in [-0.05, 0) is 30.2 Å². The maximum absolute atomic E-state index is 13.2. The number of benzene rings is 1. The molecule has 5 nitrogen and oxygen atoms in total. The second-order valence-corrected chi connectivity index (χ2v) is 5.72. The first kappa shape index (κ1) is 18.9. The minimum Gasteiger partial charge on any atom is -0.462 e. The number of nitrogens with one attached hydrogen (secondary N) is 1. The summed E-state index contributed by atoms with van der Waals surface area (Å²) in [5, 5.41) is 2.56. The molecule has 0 unspecified atom stereocenters. The minimum absolute atomic E-state index is 0.0298. The van der Waals surface area contributed by atoms with Crippen molar-refractivity contribution in [1.82, 2.24) is 10.3 Å². The van der Waals surface area contributed by atoms with Gasteiger partial charge in [-0.25, -0.2) is 14.2 Å². The number of hydrogen-bond donors (Lipinski definition) is 1. The number of carbonyl (C=O) groups excluding carboxylic acids is 2. The molecule has 0 bridgehead atoms. The highest BCUT2D eigenvalue weighted by atomic mass is 35.5. The predicted molar refractivity (Wildman–Crippen MR) is 92.0 cm³/mol. The summed E-state index contributed by atoms with van der Waals surface area (Å²) in [6.45, 7) is 2.62. The number of ether oxygens (including phenoxy) is 1. The molecule has 0 atom stereocenters. The molecule has 1 aromatic carbocycles. The van der Waals surface area contributed by atoms with E-state index in [0.29, 0.717) is 12.2 Å². The van der Waals surface area contributed by atoms with Crippen molar-refractivity contribution in [2.45, 2.75) is 26.3 Å². The van der Waals surface area contributed by atoms with E-state index in [2.05, 4.69) is 10.3 Å². The van der Waals surface area contributed by atoms with E-state index in [4.69, 9.17) is 16.3 Å². The molecule has 25 heavy (non-hydrogen) atoms. The quantitative estimate of drug-likeness (QED) is 0.461. The molecule has 1 heterocycles. The topological polar surface area (TPSA) is 68.3 Å². The van der Waals surface area contributed by atoms with Crippen LogP contribution in [0.1, 0.15) is 46.0 Å². The number of halogens is 2. The minimum atomic E-state index is -0.638. The van der Waals surface area contributed by atoms with Gasteiger partial charge in [-0.1, -0.05) is 37.1 Å². The normalized spacial score (nSPS) is 10.4. The molecule has 2 aromatic rings. The van der Waals surface area contributed by atoms with Crippen LogP contribution in [0.4, 0.5) is 4.39 Å². The van der Waals surface area contributed by atoms with E-state index in [1.165, 1.54) is 0 Å². The molecule has 2 rings (SSSR count). The van der Waals surface area contributed by atoms with Gasteiger partial charge >= 0.3 is 5.97 Å². The average molecular weight is 365 g/mol. The Morgan fingerprint density at radius 1 is 1.28 bits per heavy atom. The third kappa shape index (κ3) is 5.53. The summed E-state index contributed by atoms with van der Waals surface area (Å²) in [5.74, 6) is -1.54. The van der Waals surface area contributed by atoms with Gasteiger partial charge in [-0.3, -0.25) is 4.79 Å². The number of amides is 1. The van der Waals surface area contributed by atoms with Crippen molar-refractivity contribution in [3.05, 3.63) is 64.2 Å². The first-order valence-electron chi connectivity index (χ1n) is 7.86. The Kier molecular flexibility index (Phi) is 6.89. The highest BCUT2D eigenvalue weighted by Gasteiger charge is 2.13. The van der Waals surface area contributed by atoms with Crippen LogP contribution in [-0.4, -0.2) is 23.5 Å². The van der Waals surface area contributed by atoms with Gasteiger partial charge in [-0.15, -0.1) is 0 Å². The van der Waals surface area contributed by atoms with Crippen molar-refractivity contribution in [2.24, 2.45) is 0 Å². The summed E-state index contributed by atoms with van der Waals surface area (Å²) in [6.07, 6.45) is 2.72. The van der Waals surface area contributed by atoms with E-state index in [-0.39, 0.29) is 23.2 Å². The van der Waals surface area contributed by atoms with E-state index in [9.17, 15) is 14.0 Å². The van der Waals surface area contributed by atoms with Gasteiger partial charge < -0.3 is 10.1 Å². The summed E-state index contributed by atoms with van der Waals surface area (Å²) in [7, 11) is 0. The van der Waals surface area contributed by atoms with Crippen molar-refractivity contribution >= 4 is 23.5 Å². The van der Waals surface area contributed by atoms with E-state index >= 15 is 0 Å². The van der Waals surface area contributed by atoms with Crippen LogP contribution < -0.4 is 5.32 Å². The molecule has 132 valence electrons. The molecule has 0 spiro atoms. The Hall–Kier alpha value is -2.47. The predicted octanol–water partition coefficient (Wildman–Crippen LogP) is 3.76. The van der Waals surface area contributed by atoms with Crippen LogP contribution in [0.15, 0.2) is 36.5 Å². The smallest absolute Gasteiger partial charge is 0.338 e. The van der Waals surface area contributed by atoms with Crippen molar-refractivity contribution in [1.29, 1.82) is 0 Å². The summed E-state index contributed by atoms with van der Waals surface area (Å²) in [6, 6.07) is 7.71. The molecule has 0 aliphatic rings. The largest absolute Gasteiger partial charge is 0.462 e. The van der Waals surface area contributed by atoms with Crippen molar-refractivity contribution in [2.75, 3.05) is 6.61 Å². The fraction of sp³-hybridized carbons (Fsp3) is 0.278. The Morgan fingerprint density at radius 3 is 2.68 bits per heavy atom. The molecular weight excluding hydrogens is 347 g/mol. The van der Waals surface area contributed by atoms with Crippen LogP contribution in [0.3, 0.4) is 0 Å². The number of hydrogen-bond acceptors (Lipinski definition) is 4. The third-order valence-electron chi connectivity index (χ3n) is 3.42. The number of carbonyl (C=O) groups is 2. The van der Waals surface area contributed by atoms with Crippen molar-refractivity contribution in [3.63, 3.8) is 0 Å². The molecule has 0 aliphatic carbocycles. The summed E-state index contributed by atoms with van der Waals surface area (Å²) in [4.78, 5) is 27.4. The first-order valence-corrected chi connectivity index (χ1v) is 8.24. The zero-order chi connectivity index (χ0) is 18.2. The lowest BCUT2D eigenvalue weighted by atomic mass is 10.1. The Balaban J connectivity index is 1.92. The van der Waals surface area contributed by atoms with Crippen molar-refractivity contribution < 1.29 is 18.7 Å². The lowest BCUT2D eigenvalue weighted by molar-refractivity contribution is 0.0499. The molecule has 1 aromatic heterocycles. The number of nitrogens with zero attached hydrogens (tertiary/aromatic N) is 1. The van der Waals surface area contributed by atoms with E-state index in [0.717, 1.165) is 30.7 Å². The van der Waals surface area contributed by atoms with E-state index in [1.807, 2.05) is 6.92 Å². The van der Waals surface area contributed by atoms with Crippen molar-refractivity contribution in [3.8, 4) is 0 Å². The average Bonchev–Trinajstić information content (AvgIpc) is 2.62. The van der Waals surface area contributed by atoms with Gasteiger partial charge in [0, 0.05) is 6.54 Å². The van der Waals surface area contributed by atoms with Gasteiger partial charge in [0.2, 0.25) is 0 Å². The van der Waals surface area contributed by atoms with Gasteiger partial charge in [0.25, 0.3) is 5.91 Å². The Labute approximate surface area is 150 Å². The van der Waals surface area contributed by atoms with Gasteiger partial charge in [0.05, 0.1) is 23.9 Å². The molecule has 1 amide bonds. The van der Waals surface area contributed by atoms with Crippen LogP contribution in [-0.2, 0) is 11.3 Å². The monoisotopic (exact) mass is 364 g/mol. The van der Waals surface area contributed by atoms with Crippen LogP contribution in [0.5, 0.6) is 0 Å². The zero-order valence-electron chi connectivity index (χ0n) is 13.7. The van der Waals surface area contributed by atoms with Gasteiger partial charge in [0.1, 0.15) is 11.0 Å². The molecule has 0 saturated heterocycles.